The van der Waals surface area contributed by atoms with E-state index in [1.165, 1.54) is 0 Å². The van der Waals surface area contributed by atoms with Crippen LogP contribution in [0.5, 0.6) is 0 Å². The van der Waals surface area contributed by atoms with Crippen LogP contribution in [0.15, 0.2) is 103 Å². The molecule has 2 heterocycles. The molecule has 0 atom stereocenters. The van der Waals surface area contributed by atoms with E-state index in [4.69, 9.17) is 0 Å². The molecule has 6 rings (SSSR count). The van der Waals surface area contributed by atoms with Gasteiger partial charge >= 0.3 is 0 Å². The first-order chi connectivity index (χ1) is 18.2. The molecule has 0 spiro atoms. The van der Waals surface area contributed by atoms with Crippen LogP contribution in [-0.2, 0) is 0 Å². The predicted octanol–water partition coefficient (Wildman–Crippen LogP) is 7.13. The van der Waals surface area contributed by atoms with Gasteiger partial charge in [0, 0.05) is 28.9 Å². The minimum atomic E-state index is 0.454. The van der Waals surface area contributed by atoms with Crippen LogP contribution in [0.25, 0.3) is 49.7 Å². The van der Waals surface area contributed by atoms with E-state index in [0.717, 1.165) is 49.7 Å². The maximum atomic E-state index is 9.96. The van der Waals surface area contributed by atoms with Crippen molar-refractivity contribution >= 4 is 21.8 Å². The molecule has 37 heavy (non-hydrogen) atoms. The second kappa shape index (κ2) is 8.82. The van der Waals surface area contributed by atoms with E-state index in [1.807, 2.05) is 48.5 Å². The van der Waals surface area contributed by atoms with Crippen molar-refractivity contribution < 1.29 is 0 Å². The predicted molar refractivity (Wildman–Crippen MR) is 144 cm³/mol. The van der Waals surface area contributed by atoms with Gasteiger partial charge in [-0.1, -0.05) is 30.3 Å². The first-order valence-corrected chi connectivity index (χ1v) is 11.6. The molecule has 0 bridgehead atoms. The number of pyridine rings is 1. The van der Waals surface area contributed by atoms with Crippen molar-refractivity contribution in [3.05, 3.63) is 120 Å². The Balaban J connectivity index is 1.57. The number of hydrogen-bond acceptors (Lipinski definition) is 4. The van der Waals surface area contributed by atoms with E-state index in [-0.39, 0.29) is 0 Å². The largest absolute Gasteiger partial charge is 0.309 e. The molecule has 0 aliphatic heterocycles. The maximum Gasteiger partial charge on any atom is 0.0998 e. The van der Waals surface area contributed by atoms with Crippen LogP contribution in [0.4, 0.5) is 0 Å². The standard InChI is InChI=1S/C32H17N5/c33-18-21-13-22(19-34)15-25(14-21)24-5-8-32-30(17-24)29-3-1-2-4-31(29)37(32)27-6-7-28(26(16-27)20-35)23-9-11-36-12-10-23/h1-17H. The van der Waals surface area contributed by atoms with Crippen molar-refractivity contribution in [3.8, 4) is 46.1 Å². The van der Waals surface area contributed by atoms with Crippen LogP contribution >= 0.6 is 0 Å². The Labute approximate surface area is 213 Å². The highest BCUT2D eigenvalue weighted by Crippen LogP contribution is 2.36. The molecule has 0 saturated carbocycles. The van der Waals surface area contributed by atoms with Crippen molar-refractivity contribution in [1.29, 1.82) is 15.8 Å². The molecule has 0 saturated heterocycles. The number of fused-ring (bicyclic) bond motifs is 3. The smallest absolute Gasteiger partial charge is 0.0998 e. The van der Waals surface area contributed by atoms with Crippen LogP contribution in [0.2, 0.25) is 0 Å². The summed E-state index contributed by atoms with van der Waals surface area (Å²) in [4.78, 5) is 4.08. The van der Waals surface area contributed by atoms with E-state index in [0.29, 0.717) is 16.7 Å². The van der Waals surface area contributed by atoms with Crippen LogP contribution in [0, 0.1) is 34.0 Å². The highest BCUT2D eigenvalue weighted by molar-refractivity contribution is 6.10. The molecule has 0 unspecified atom stereocenters. The number of benzene rings is 4. The summed E-state index contributed by atoms with van der Waals surface area (Å²) in [5.74, 6) is 0. The minimum Gasteiger partial charge on any atom is -0.309 e. The highest BCUT2D eigenvalue weighted by Gasteiger charge is 2.15. The third-order valence-corrected chi connectivity index (χ3v) is 6.57. The second-order valence-corrected chi connectivity index (χ2v) is 8.68. The van der Waals surface area contributed by atoms with Gasteiger partial charge in [-0.3, -0.25) is 4.98 Å². The van der Waals surface area contributed by atoms with E-state index >= 15 is 0 Å². The van der Waals surface area contributed by atoms with Gasteiger partial charge in [0.2, 0.25) is 0 Å². The number of aromatic nitrogens is 2. The number of hydrogen-bond donors (Lipinski definition) is 0. The molecule has 6 aromatic rings. The Hall–Kier alpha value is -5.70. The zero-order valence-electron chi connectivity index (χ0n) is 19.6. The monoisotopic (exact) mass is 471 g/mol. The number of rotatable bonds is 3. The van der Waals surface area contributed by atoms with Gasteiger partial charge in [0.1, 0.15) is 0 Å². The zero-order chi connectivity index (χ0) is 25.4. The summed E-state index contributed by atoms with van der Waals surface area (Å²) in [6.07, 6.45) is 3.45. The minimum absolute atomic E-state index is 0.454. The fourth-order valence-corrected chi connectivity index (χ4v) is 4.90. The molecular formula is C32H17N5. The van der Waals surface area contributed by atoms with Crippen LogP contribution in [-0.4, -0.2) is 9.55 Å². The topological polar surface area (TPSA) is 89.2 Å². The Bertz CT molecular complexity index is 1930. The molecule has 2 aromatic heterocycles. The molecule has 5 heteroatoms. The lowest BCUT2D eigenvalue weighted by Gasteiger charge is -2.11. The molecule has 170 valence electrons. The SMILES string of the molecule is N#Cc1cc(C#N)cc(-c2ccc3c(c2)c2ccccc2n3-c2ccc(-c3ccncc3)c(C#N)c2)c1. The van der Waals surface area contributed by atoms with Crippen molar-refractivity contribution in [2.75, 3.05) is 0 Å². The molecule has 0 radical (unpaired) electrons. The van der Waals surface area contributed by atoms with Crippen molar-refractivity contribution in [3.63, 3.8) is 0 Å². The molecule has 0 fully saturated rings. The summed E-state index contributed by atoms with van der Waals surface area (Å²) in [6.45, 7) is 0. The van der Waals surface area contributed by atoms with E-state index in [2.05, 4.69) is 52.0 Å². The van der Waals surface area contributed by atoms with Crippen LogP contribution in [0.3, 0.4) is 0 Å². The molecule has 0 amide bonds. The molecule has 0 N–H and O–H groups in total. The Morgan fingerprint density at radius 2 is 1.30 bits per heavy atom. The zero-order valence-corrected chi connectivity index (χ0v) is 19.6. The third kappa shape index (κ3) is 3.67. The molecule has 4 aromatic carbocycles. The summed E-state index contributed by atoms with van der Waals surface area (Å²) in [5.41, 5.74) is 7.97. The summed E-state index contributed by atoms with van der Waals surface area (Å²) in [7, 11) is 0. The fourth-order valence-electron chi connectivity index (χ4n) is 4.90. The maximum absolute atomic E-state index is 9.96. The van der Waals surface area contributed by atoms with Gasteiger partial charge in [-0.05, 0) is 82.9 Å². The van der Waals surface area contributed by atoms with E-state index in [1.54, 1.807) is 30.6 Å². The average Bonchev–Trinajstić information content (AvgIpc) is 3.30. The molecule has 5 nitrogen and oxygen atoms in total. The van der Waals surface area contributed by atoms with Gasteiger partial charge in [-0.25, -0.2) is 0 Å². The van der Waals surface area contributed by atoms with Crippen molar-refractivity contribution in [1.82, 2.24) is 9.55 Å². The van der Waals surface area contributed by atoms with Gasteiger partial charge in [-0.2, -0.15) is 15.8 Å². The van der Waals surface area contributed by atoms with Gasteiger partial charge in [0.25, 0.3) is 0 Å². The van der Waals surface area contributed by atoms with Gasteiger partial charge < -0.3 is 4.57 Å². The summed E-state index contributed by atoms with van der Waals surface area (Å²) >= 11 is 0. The molecule has 0 aliphatic rings. The normalized spacial score (nSPS) is 10.6. The Morgan fingerprint density at radius 1 is 0.568 bits per heavy atom. The first-order valence-electron chi connectivity index (χ1n) is 11.6. The van der Waals surface area contributed by atoms with Gasteiger partial charge in [-0.15, -0.1) is 0 Å². The Kier molecular flexibility index (Phi) is 5.20. The lowest BCUT2D eigenvalue weighted by atomic mass is 9.99. The molecule has 0 aliphatic carbocycles. The number of para-hydroxylation sites is 1. The van der Waals surface area contributed by atoms with E-state index < -0.39 is 0 Å². The van der Waals surface area contributed by atoms with Crippen molar-refractivity contribution in [2.24, 2.45) is 0 Å². The van der Waals surface area contributed by atoms with Crippen molar-refractivity contribution in [2.45, 2.75) is 0 Å². The Morgan fingerprint density at radius 3 is 2.03 bits per heavy atom. The second-order valence-electron chi connectivity index (χ2n) is 8.68. The number of nitriles is 3. The molecular weight excluding hydrogens is 454 g/mol. The summed E-state index contributed by atoms with van der Waals surface area (Å²) in [5, 5.41) is 30.9. The van der Waals surface area contributed by atoms with Gasteiger partial charge in [0.05, 0.1) is 45.9 Å². The van der Waals surface area contributed by atoms with Crippen LogP contribution in [0.1, 0.15) is 16.7 Å². The van der Waals surface area contributed by atoms with Gasteiger partial charge in [0.15, 0.2) is 0 Å². The highest BCUT2D eigenvalue weighted by atomic mass is 15.0. The van der Waals surface area contributed by atoms with Crippen LogP contribution < -0.4 is 0 Å². The lowest BCUT2D eigenvalue weighted by molar-refractivity contribution is 1.18. The number of nitrogens with zero attached hydrogens (tertiary/aromatic N) is 5. The summed E-state index contributed by atoms with van der Waals surface area (Å²) in [6, 6.07) is 35.9. The summed E-state index contributed by atoms with van der Waals surface area (Å²) < 4.78 is 2.16. The average molecular weight is 472 g/mol. The fraction of sp³-hybridized carbons (Fsp3) is 0. The quantitative estimate of drug-likeness (QED) is 0.275. The lowest BCUT2D eigenvalue weighted by Crippen LogP contribution is -1.96. The first kappa shape index (κ1) is 21.8. The van der Waals surface area contributed by atoms with E-state index in [9.17, 15) is 15.8 Å². The third-order valence-electron chi connectivity index (χ3n) is 6.57.